The molecule has 1 aliphatic rings. The van der Waals surface area contributed by atoms with Gasteiger partial charge in [-0.15, -0.1) is 0 Å². The lowest BCUT2D eigenvalue weighted by atomic mass is 10.1. The lowest BCUT2D eigenvalue weighted by Crippen LogP contribution is -1.86. The van der Waals surface area contributed by atoms with Gasteiger partial charge in [0.25, 0.3) is 0 Å². The van der Waals surface area contributed by atoms with E-state index in [1.165, 1.54) is 12.1 Å². The molecule has 3 heteroatoms. The Labute approximate surface area is 76.0 Å². The van der Waals surface area contributed by atoms with Gasteiger partial charge in [0.05, 0.1) is 0 Å². The van der Waals surface area contributed by atoms with Crippen LogP contribution in [0.2, 0.25) is 0 Å². The molecule has 0 atom stereocenters. The number of aliphatic hydroxyl groups is 1. The molecule has 0 saturated heterocycles. The normalized spacial score (nSPS) is 14.8. The molecule has 0 amide bonds. The van der Waals surface area contributed by atoms with Crippen molar-refractivity contribution in [1.82, 2.24) is 0 Å². The van der Waals surface area contributed by atoms with Crippen LogP contribution in [0.3, 0.4) is 0 Å². The molecule has 1 aromatic rings. The van der Waals surface area contributed by atoms with Crippen molar-refractivity contribution in [3.05, 3.63) is 35.4 Å². The Balaban J connectivity index is 0.000000396. The van der Waals surface area contributed by atoms with Crippen molar-refractivity contribution in [1.29, 1.82) is 0 Å². The van der Waals surface area contributed by atoms with Crippen LogP contribution < -0.4 is 0 Å². The van der Waals surface area contributed by atoms with Gasteiger partial charge in [-0.1, -0.05) is 6.07 Å². The molecular formula is C10H12F2O. The molecule has 1 nitrogen and oxygen atoms in total. The van der Waals surface area contributed by atoms with E-state index in [4.69, 9.17) is 5.11 Å². The molecule has 2 rings (SSSR count). The Morgan fingerprint density at radius 1 is 1.15 bits per heavy atom. The van der Waals surface area contributed by atoms with Crippen LogP contribution in [0.15, 0.2) is 18.2 Å². The van der Waals surface area contributed by atoms with E-state index in [1.54, 1.807) is 6.07 Å². The van der Waals surface area contributed by atoms with Crippen molar-refractivity contribution >= 4 is 0 Å². The maximum absolute atomic E-state index is 12.6. The molecule has 1 aromatic carbocycles. The minimum Gasteiger partial charge on any atom is -0.400 e. The Hall–Kier alpha value is -0.960. The summed E-state index contributed by atoms with van der Waals surface area (Å²) in [6.07, 6.45) is 2.23. The van der Waals surface area contributed by atoms with E-state index in [0.29, 0.717) is 5.92 Å². The first-order chi connectivity index (χ1) is 6.27. The molecule has 0 spiro atoms. The van der Waals surface area contributed by atoms with E-state index in [9.17, 15) is 8.78 Å². The van der Waals surface area contributed by atoms with Crippen LogP contribution in [-0.4, -0.2) is 12.2 Å². The summed E-state index contributed by atoms with van der Waals surface area (Å²) in [5, 5.41) is 7.00. The molecule has 1 saturated carbocycles. The van der Waals surface area contributed by atoms with Crippen LogP contribution in [0.4, 0.5) is 8.78 Å². The number of hydrogen-bond acceptors (Lipinski definition) is 1. The van der Waals surface area contributed by atoms with E-state index in [1.807, 2.05) is 0 Å². The largest absolute Gasteiger partial charge is 0.400 e. The SMILES string of the molecule is CO.Fc1ccc(C2CC2)cc1F. The molecule has 0 aliphatic heterocycles. The van der Waals surface area contributed by atoms with Crippen molar-refractivity contribution < 1.29 is 13.9 Å². The minimum atomic E-state index is -0.755. The van der Waals surface area contributed by atoms with Gasteiger partial charge in [-0.05, 0) is 36.5 Å². The van der Waals surface area contributed by atoms with Gasteiger partial charge in [0.15, 0.2) is 11.6 Å². The van der Waals surface area contributed by atoms with Gasteiger partial charge in [-0.3, -0.25) is 0 Å². The zero-order valence-electron chi connectivity index (χ0n) is 7.43. The fourth-order valence-electron chi connectivity index (χ4n) is 1.18. The molecule has 0 radical (unpaired) electrons. The van der Waals surface area contributed by atoms with Crippen molar-refractivity contribution in [2.24, 2.45) is 0 Å². The lowest BCUT2D eigenvalue weighted by molar-refractivity contribution is 0.399. The highest BCUT2D eigenvalue weighted by molar-refractivity contribution is 5.24. The highest BCUT2D eigenvalue weighted by Gasteiger charge is 2.24. The van der Waals surface area contributed by atoms with Crippen molar-refractivity contribution in [3.8, 4) is 0 Å². The molecule has 0 unspecified atom stereocenters. The van der Waals surface area contributed by atoms with Crippen LogP contribution in [-0.2, 0) is 0 Å². The maximum Gasteiger partial charge on any atom is 0.159 e. The lowest BCUT2D eigenvalue weighted by Gasteiger charge is -1.97. The van der Waals surface area contributed by atoms with Crippen LogP contribution >= 0.6 is 0 Å². The molecule has 13 heavy (non-hydrogen) atoms. The highest BCUT2D eigenvalue weighted by Crippen LogP contribution is 2.40. The highest BCUT2D eigenvalue weighted by atomic mass is 19.2. The molecule has 1 N–H and O–H groups in total. The summed E-state index contributed by atoms with van der Waals surface area (Å²) in [7, 11) is 1.00. The van der Waals surface area contributed by atoms with Crippen molar-refractivity contribution in [3.63, 3.8) is 0 Å². The number of benzene rings is 1. The fourth-order valence-corrected chi connectivity index (χ4v) is 1.18. The first kappa shape index (κ1) is 10.1. The summed E-state index contributed by atoms with van der Waals surface area (Å²) in [5.41, 5.74) is 0.934. The van der Waals surface area contributed by atoms with Gasteiger partial charge in [0.1, 0.15) is 0 Å². The summed E-state index contributed by atoms with van der Waals surface area (Å²) in [4.78, 5) is 0. The zero-order chi connectivity index (χ0) is 9.84. The van der Waals surface area contributed by atoms with Crippen LogP contribution in [0.5, 0.6) is 0 Å². The summed E-state index contributed by atoms with van der Waals surface area (Å²) < 4.78 is 25.0. The number of hydrogen-bond donors (Lipinski definition) is 1. The maximum atomic E-state index is 12.6. The Bertz CT molecular complexity index is 282. The van der Waals surface area contributed by atoms with E-state index in [0.717, 1.165) is 25.5 Å². The second kappa shape index (κ2) is 4.33. The first-order valence-electron chi connectivity index (χ1n) is 4.17. The number of rotatable bonds is 1. The Morgan fingerprint density at radius 3 is 2.23 bits per heavy atom. The van der Waals surface area contributed by atoms with Crippen LogP contribution in [0.1, 0.15) is 24.3 Å². The summed E-state index contributed by atoms with van der Waals surface area (Å²) >= 11 is 0. The quantitative estimate of drug-likeness (QED) is 0.714. The van der Waals surface area contributed by atoms with Crippen LogP contribution in [0.25, 0.3) is 0 Å². The van der Waals surface area contributed by atoms with Gasteiger partial charge >= 0.3 is 0 Å². The second-order valence-corrected chi connectivity index (χ2v) is 2.95. The molecule has 0 aromatic heterocycles. The van der Waals surface area contributed by atoms with Gasteiger partial charge in [-0.2, -0.15) is 0 Å². The second-order valence-electron chi connectivity index (χ2n) is 2.95. The Kier molecular flexibility index (Phi) is 3.37. The third-order valence-electron chi connectivity index (χ3n) is 1.99. The van der Waals surface area contributed by atoms with Gasteiger partial charge in [0, 0.05) is 7.11 Å². The van der Waals surface area contributed by atoms with Crippen LogP contribution in [0, 0.1) is 11.6 Å². The fraction of sp³-hybridized carbons (Fsp3) is 0.400. The third-order valence-corrected chi connectivity index (χ3v) is 1.99. The molecule has 0 heterocycles. The summed E-state index contributed by atoms with van der Waals surface area (Å²) in [6, 6.07) is 4.16. The van der Waals surface area contributed by atoms with Gasteiger partial charge in [-0.25, -0.2) is 8.78 Å². The molecular weight excluding hydrogens is 174 g/mol. The zero-order valence-corrected chi connectivity index (χ0v) is 7.43. The average Bonchev–Trinajstić information content (AvgIpc) is 2.96. The number of halogens is 2. The third kappa shape index (κ3) is 2.49. The van der Waals surface area contributed by atoms with E-state index in [-0.39, 0.29) is 0 Å². The topological polar surface area (TPSA) is 20.2 Å². The summed E-state index contributed by atoms with van der Waals surface area (Å²) in [5.74, 6) is -0.992. The molecule has 1 fully saturated rings. The first-order valence-corrected chi connectivity index (χ1v) is 4.17. The van der Waals surface area contributed by atoms with Gasteiger partial charge in [0.2, 0.25) is 0 Å². The molecule has 0 bridgehead atoms. The van der Waals surface area contributed by atoms with E-state index in [2.05, 4.69) is 0 Å². The standard InChI is InChI=1S/C9H8F2.CH4O/c10-8-4-3-7(5-9(8)11)6-1-2-6;1-2/h3-6H,1-2H2;2H,1H3. The molecule has 1 aliphatic carbocycles. The van der Waals surface area contributed by atoms with E-state index < -0.39 is 11.6 Å². The monoisotopic (exact) mass is 186 g/mol. The number of aliphatic hydroxyl groups excluding tert-OH is 1. The average molecular weight is 186 g/mol. The smallest absolute Gasteiger partial charge is 0.159 e. The predicted molar refractivity (Wildman–Crippen MR) is 46.5 cm³/mol. The van der Waals surface area contributed by atoms with Crippen molar-refractivity contribution in [2.75, 3.05) is 7.11 Å². The van der Waals surface area contributed by atoms with E-state index >= 15 is 0 Å². The Morgan fingerprint density at radius 2 is 1.77 bits per heavy atom. The molecule has 72 valence electrons. The minimum absolute atomic E-state index is 0.491. The van der Waals surface area contributed by atoms with Crippen molar-refractivity contribution in [2.45, 2.75) is 18.8 Å². The summed E-state index contributed by atoms with van der Waals surface area (Å²) in [6.45, 7) is 0. The van der Waals surface area contributed by atoms with Gasteiger partial charge < -0.3 is 5.11 Å². The predicted octanol–water partition coefficient (Wildman–Crippen LogP) is 2.45.